The molecule has 0 aromatic heterocycles. The highest BCUT2D eigenvalue weighted by Crippen LogP contribution is 2.44. The summed E-state index contributed by atoms with van der Waals surface area (Å²) in [5.74, 6) is 0. The van der Waals surface area contributed by atoms with Crippen molar-refractivity contribution in [2.45, 2.75) is 39.5 Å². The molecule has 18 heavy (non-hydrogen) atoms. The van der Waals surface area contributed by atoms with Crippen LogP contribution in [0.4, 0.5) is 0 Å². The molecule has 0 spiro atoms. The van der Waals surface area contributed by atoms with E-state index in [1.165, 1.54) is 6.26 Å². The third kappa shape index (κ3) is 10.0. The Bertz CT molecular complexity index is 237. The van der Waals surface area contributed by atoms with Crippen molar-refractivity contribution in [3.05, 3.63) is 12.8 Å². The van der Waals surface area contributed by atoms with E-state index in [9.17, 15) is 0 Å². The van der Waals surface area contributed by atoms with E-state index < -0.39 is 6.64 Å². The van der Waals surface area contributed by atoms with Crippen molar-refractivity contribution in [2.75, 3.05) is 26.4 Å². The van der Waals surface area contributed by atoms with Crippen molar-refractivity contribution in [2.24, 2.45) is 0 Å². The molecule has 0 radical (unpaired) electrons. The van der Waals surface area contributed by atoms with Crippen LogP contribution in [0.25, 0.3) is 0 Å². The number of ether oxygens (including phenoxy) is 1. The van der Waals surface area contributed by atoms with Gasteiger partial charge in [0.05, 0.1) is 19.5 Å². The highest BCUT2D eigenvalue weighted by atomic mass is 32.5. The largest absolute Gasteiger partial charge is 0.500 e. The molecule has 108 valence electrons. The molecule has 0 unspecified atom stereocenters. The van der Waals surface area contributed by atoms with Crippen LogP contribution < -0.4 is 5.09 Å². The number of rotatable bonds is 13. The van der Waals surface area contributed by atoms with Crippen molar-refractivity contribution in [3.63, 3.8) is 0 Å². The third-order valence-corrected chi connectivity index (χ3v) is 4.84. The van der Waals surface area contributed by atoms with Crippen LogP contribution in [-0.2, 0) is 25.6 Å². The molecule has 0 saturated carbocycles. The van der Waals surface area contributed by atoms with Crippen LogP contribution in [-0.4, -0.2) is 26.4 Å². The van der Waals surface area contributed by atoms with Gasteiger partial charge in [-0.2, -0.15) is 0 Å². The summed E-state index contributed by atoms with van der Waals surface area (Å²) in [7, 11) is 0. The number of nitrogens with one attached hydrogen (secondary N) is 1. The Hall–Kier alpha value is 0.0700. The van der Waals surface area contributed by atoms with Crippen LogP contribution in [0, 0.1) is 0 Å². The lowest BCUT2D eigenvalue weighted by atomic mass is 10.4. The predicted molar refractivity (Wildman–Crippen MR) is 80.2 cm³/mol. The number of unbranched alkanes of at least 4 members (excludes halogenated alkanes) is 2. The lowest BCUT2D eigenvalue weighted by molar-refractivity contribution is 0.222. The fourth-order valence-electron chi connectivity index (χ4n) is 1.11. The molecule has 0 aromatic rings. The summed E-state index contributed by atoms with van der Waals surface area (Å²) in [6.45, 7) is 7.81. The van der Waals surface area contributed by atoms with Crippen LogP contribution >= 0.6 is 6.64 Å². The normalized spacial score (nSPS) is 11.4. The quantitative estimate of drug-likeness (QED) is 0.319. The van der Waals surface area contributed by atoms with Crippen LogP contribution in [0.3, 0.4) is 0 Å². The fraction of sp³-hybridized carbons (Fsp3) is 0.833. The monoisotopic (exact) mass is 295 g/mol. The molecule has 0 aromatic carbocycles. The van der Waals surface area contributed by atoms with Gasteiger partial charge < -0.3 is 13.8 Å². The van der Waals surface area contributed by atoms with E-state index in [0.717, 1.165) is 25.7 Å². The summed E-state index contributed by atoms with van der Waals surface area (Å²) >= 11 is 5.45. The molecule has 4 nitrogen and oxygen atoms in total. The molecule has 0 bridgehead atoms. The molecule has 0 aliphatic rings. The van der Waals surface area contributed by atoms with Gasteiger partial charge in [-0.15, -0.1) is 0 Å². The number of hydrogen-bond acceptors (Lipinski definition) is 4. The first kappa shape index (κ1) is 18.1. The van der Waals surface area contributed by atoms with Gasteiger partial charge in [0, 0.05) is 6.54 Å². The maximum Gasteiger partial charge on any atom is 0.261 e. The zero-order chi connectivity index (χ0) is 13.7. The van der Waals surface area contributed by atoms with E-state index in [-0.39, 0.29) is 0 Å². The second kappa shape index (κ2) is 12.1. The maximum absolute atomic E-state index is 5.71. The van der Waals surface area contributed by atoms with Gasteiger partial charge in [0.1, 0.15) is 6.61 Å². The highest BCUT2D eigenvalue weighted by molar-refractivity contribution is 8.08. The molecule has 0 fully saturated rings. The first-order valence-electron chi connectivity index (χ1n) is 6.55. The summed E-state index contributed by atoms with van der Waals surface area (Å²) in [5, 5.41) is 3.16. The Morgan fingerprint density at radius 1 is 1.11 bits per heavy atom. The molecule has 0 heterocycles. The van der Waals surface area contributed by atoms with E-state index in [1.807, 2.05) is 0 Å². The van der Waals surface area contributed by atoms with Gasteiger partial charge in [-0.3, -0.25) is 0 Å². The smallest absolute Gasteiger partial charge is 0.261 e. The van der Waals surface area contributed by atoms with Gasteiger partial charge in [-0.1, -0.05) is 33.3 Å². The van der Waals surface area contributed by atoms with Crippen molar-refractivity contribution in [1.29, 1.82) is 0 Å². The zero-order valence-corrected chi connectivity index (χ0v) is 13.2. The second-order valence-electron chi connectivity index (χ2n) is 3.82. The van der Waals surface area contributed by atoms with Crippen molar-refractivity contribution in [3.8, 4) is 0 Å². The van der Waals surface area contributed by atoms with E-state index in [1.54, 1.807) is 0 Å². The average molecular weight is 295 g/mol. The van der Waals surface area contributed by atoms with Gasteiger partial charge in [-0.25, -0.2) is 5.09 Å². The molecular weight excluding hydrogens is 269 g/mol. The standard InChI is InChI=1S/C12H26NO3PS/c1-4-7-10-15-17(18,16-11-8-5-2)13-9-12-14-6-3/h6H,3-5,7-12H2,1-2H3,(H,13,18). The molecule has 1 N–H and O–H groups in total. The van der Waals surface area contributed by atoms with Gasteiger partial charge in [-0.05, 0) is 24.6 Å². The van der Waals surface area contributed by atoms with Gasteiger partial charge in [0.2, 0.25) is 0 Å². The Kier molecular flexibility index (Phi) is 12.2. The molecule has 6 heteroatoms. The molecule has 0 atom stereocenters. The lowest BCUT2D eigenvalue weighted by Gasteiger charge is -2.23. The SMILES string of the molecule is C=COCCNP(=S)(OCCCC)OCCCC. The molecule has 0 rings (SSSR count). The van der Waals surface area contributed by atoms with Crippen molar-refractivity contribution in [1.82, 2.24) is 5.09 Å². The van der Waals surface area contributed by atoms with Crippen LogP contribution in [0.2, 0.25) is 0 Å². The van der Waals surface area contributed by atoms with Crippen molar-refractivity contribution >= 4 is 18.4 Å². The first-order valence-corrected chi connectivity index (χ1v) is 9.19. The molecule has 0 amide bonds. The minimum absolute atomic E-state index is 0.524. The lowest BCUT2D eigenvalue weighted by Crippen LogP contribution is -2.19. The van der Waals surface area contributed by atoms with E-state index >= 15 is 0 Å². The Morgan fingerprint density at radius 3 is 2.11 bits per heavy atom. The molecule has 0 aliphatic heterocycles. The van der Waals surface area contributed by atoms with Crippen LogP contribution in [0.5, 0.6) is 0 Å². The Balaban J connectivity index is 4.03. The molecular formula is C12H26NO3PS. The number of hydrogen-bond donors (Lipinski definition) is 1. The summed E-state index contributed by atoms with van der Waals surface area (Å²) in [4.78, 5) is 0. The summed E-state index contributed by atoms with van der Waals surface area (Å²) < 4.78 is 16.5. The van der Waals surface area contributed by atoms with Crippen LogP contribution in [0.15, 0.2) is 12.8 Å². The molecule has 0 aliphatic carbocycles. The second-order valence-corrected chi connectivity index (χ2v) is 7.09. The average Bonchev–Trinajstić information content (AvgIpc) is 2.36. The Labute approximate surface area is 116 Å². The summed E-state index contributed by atoms with van der Waals surface area (Å²) in [6.07, 6.45) is 5.59. The minimum Gasteiger partial charge on any atom is -0.500 e. The van der Waals surface area contributed by atoms with E-state index in [2.05, 4.69) is 25.5 Å². The third-order valence-electron chi connectivity index (χ3n) is 2.16. The predicted octanol–water partition coefficient (Wildman–Crippen LogP) is 3.59. The van der Waals surface area contributed by atoms with Gasteiger partial charge >= 0.3 is 0 Å². The fourth-order valence-corrected chi connectivity index (χ4v) is 3.19. The van der Waals surface area contributed by atoms with E-state index in [0.29, 0.717) is 26.4 Å². The summed E-state index contributed by atoms with van der Waals surface area (Å²) in [5.41, 5.74) is 0. The Morgan fingerprint density at radius 2 is 1.67 bits per heavy atom. The molecule has 0 saturated heterocycles. The van der Waals surface area contributed by atoms with Crippen LogP contribution in [0.1, 0.15) is 39.5 Å². The maximum atomic E-state index is 5.71. The first-order chi connectivity index (χ1) is 8.68. The zero-order valence-electron chi connectivity index (χ0n) is 11.5. The van der Waals surface area contributed by atoms with E-state index in [4.69, 9.17) is 25.6 Å². The topological polar surface area (TPSA) is 39.7 Å². The van der Waals surface area contributed by atoms with Gasteiger partial charge in [0.15, 0.2) is 0 Å². The van der Waals surface area contributed by atoms with Crippen molar-refractivity contribution < 1.29 is 13.8 Å². The summed E-state index contributed by atoms with van der Waals surface area (Å²) in [6, 6.07) is 0. The van der Waals surface area contributed by atoms with Gasteiger partial charge in [0.25, 0.3) is 6.64 Å². The highest BCUT2D eigenvalue weighted by Gasteiger charge is 2.17. The minimum atomic E-state index is -2.35.